The molecule has 0 radical (unpaired) electrons. The molecule has 0 spiro atoms. The van der Waals surface area contributed by atoms with Gasteiger partial charge in [0.15, 0.2) is 0 Å². The van der Waals surface area contributed by atoms with Gasteiger partial charge in [-0.2, -0.15) is 0 Å². The molecule has 0 fully saturated rings. The number of sulfonamides is 1. The van der Waals surface area contributed by atoms with Crippen LogP contribution in [0.3, 0.4) is 0 Å². The third kappa shape index (κ3) is 8.26. The number of nitrogens with two attached hydrogens (primary N) is 1. The molecule has 0 atom stereocenters. The Kier molecular flexibility index (Phi) is 10.0. The number of nitrogens with zero attached hydrogens (tertiary/aromatic N) is 2. The van der Waals surface area contributed by atoms with Crippen molar-refractivity contribution in [1.29, 1.82) is 0 Å². The summed E-state index contributed by atoms with van der Waals surface area (Å²) in [6.07, 6.45) is 1.41. The Bertz CT molecular complexity index is 1410. The van der Waals surface area contributed by atoms with E-state index in [1.807, 2.05) is 37.3 Å². The smallest absolute Gasteiger partial charge is 0.284 e. The van der Waals surface area contributed by atoms with Crippen LogP contribution in [0.1, 0.15) is 43.4 Å². The minimum Gasteiger partial charge on any atom is -0.496 e. The van der Waals surface area contributed by atoms with E-state index >= 15 is 0 Å². The van der Waals surface area contributed by atoms with Crippen molar-refractivity contribution in [3.8, 4) is 11.5 Å². The van der Waals surface area contributed by atoms with Crippen LogP contribution >= 0.6 is 11.3 Å². The average molecular weight is 575 g/mol. The van der Waals surface area contributed by atoms with Gasteiger partial charge in [0, 0.05) is 23.1 Å². The molecule has 3 aromatic rings. The Labute approximate surface area is 231 Å². The van der Waals surface area contributed by atoms with E-state index in [9.17, 15) is 22.8 Å². The molecule has 0 aliphatic rings. The summed E-state index contributed by atoms with van der Waals surface area (Å²) < 4.78 is 36.4. The molecular formula is C26H30N4O7S2. The van der Waals surface area contributed by atoms with Crippen LogP contribution in [0.2, 0.25) is 0 Å². The molecule has 0 bridgehead atoms. The number of primary amides is 1. The number of methoxy groups -OCH3 is 2. The summed E-state index contributed by atoms with van der Waals surface area (Å²) in [4.78, 5) is 42.8. The number of benzene rings is 2. The highest BCUT2D eigenvalue weighted by Gasteiger charge is 2.23. The number of aryl methyl sites for hydroxylation is 1. The molecule has 0 saturated carbocycles. The molecule has 39 heavy (non-hydrogen) atoms. The zero-order valence-electron chi connectivity index (χ0n) is 21.8. The van der Waals surface area contributed by atoms with Gasteiger partial charge in [-0.25, -0.2) is 18.1 Å². The van der Waals surface area contributed by atoms with E-state index in [1.54, 1.807) is 21.8 Å². The lowest BCUT2D eigenvalue weighted by Gasteiger charge is -2.23. The minimum atomic E-state index is -4.24. The fraction of sp³-hybridized carbons (Fsp3) is 0.308. The summed E-state index contributed by atoms with van der Waals surface area (Å²) >= 11 is 1.10. The predicted molar refractivity (Wildman–Crippen MR) is 146 cm³/mol. The van der Waals surface area contributed by atoms with Gasteiger partial charge in [0.2, 0.25) is 15.9 Å². The van der Waals surface area contributed by atoms with Crippen molar-refractivity contribution in [3.63, 3.8) is 0 Å². The summed E-state index contributed by atoms with van der Waals surface area (Å²) in [5, 5.41) is 1.81. The van der Waals surface area contributed by atoms with Crippen LogP contribution in [0.25, 0.3) is 0 Å². The Hall–Kier alpha value is -3.97. The first kappa shape index (κ1) is 29.6. The second kappa shape index (κ2) is 13.2. The summed E-state index contributed by atoms with van der Waals surface area (Å²) in [7, 11) is -1.22. The number of thiazole rings is 1. The Morgan fingerprint density at radius 3 is 2.31 bits per heavy atom. The first-order valence-corrected chi connectivity index (χ1v) is 14.4. The molecule has 3 N–H and O–H groups in total. The first-order valence-electron chi connectivity index (χ1n) is 11.9. The monoisotopic (exact) mass is 574 g/mol. The molecule has 2 aromatic carbocycles. The van der Waals surface area contributed by atoms with Crippen molar-refractivity contribution < 1.29 is 32.3 Å². The van der Waals surface area contributed by atoms with Crippen LogP contribution in [0.5, 0.6) is 11.5 Å². The summed E-state index contributed by atoms with van der Waals surface area (Å²) in [5.74, 6) is -2.38. The van der Waals surface area contributed by atoms with Crippen LogP contribution < -0.4 is 19.9 Å². The lowest BCUT2D eigenvalue weighted by atomic mass is 10.1. The van der Waals surface area contributed by atoms with Crippen molar-refractivity contribution in [1.82, 2.24) is 14.6 Å². The largest absolute Gasteiger partial charge is 0.496 e. The topological polar surface area (TPSA) is 158 Å². The second-order valence-electron chi connectivity index (χ2n) is 8.60. The normalized spacial score (nSPS) is 11.1. The van der Waals surface area contributed by atoms with Gasteiger partial charge in [-0.15, -0.1) is 11.3 Å². The maximum Gasteiger partial charge on any atom is 0.284 e. The van der Waals surface area contributed by atoms with Crippen LogP contribution in [0.15, 0.2) is 47.8 Å². The number of rotatable bonds is 13. The molecule has 13 heteroatoms. The SMILES string of the molecule is COc1cc(C(=O)N(CCCc2ccccc2)Cc2nc(C(=O)NS(=O)(=O)CC(N)=O)cs2)cc(OC)c1C. The average Bonchev–Trinajstić information content (AvgIpc) is 3.36. The Morgan fingerprint density at radius 2 is 1.72 bits per heavy atom. The minimum absolute atomic E-state index is 0.0815. The zero-order chi connectivity index (χ0) is 28.6. The standard InChI is InChI=1S/C26H30N4O7S2/c1-17-21(36-2)12-19(13-22(17)37-3)26(33)30(11-7-10-18-8-5-4-6-9-18)14-24-28-20(15-38-24)25(32)29-39(34,35)16-23(27)31/h4-6,8-9,12-13,15H,7,10-11,14,16H2,1-3H3,(H2,27,31)(H,29,32). The first-order chi connectivity index (χ1) is 18.5. The van der Waals surface area contributed by atoms with Gasteiger partial charge in [0.25, 0.3) is 11.8 Å². The van der Waals surface area contributed by atoms with Crippen LogP contribution in [-0.4, -0.2) is 62.5 Å². The lowest BCUT2D eigenvalue weighted by Crippen LogP contribution is -2.37. The highest BCUT2D eigenvalue weighted by molar-refractivity contribution is 7.90. The molecule has 0 aliphatic heterocycles. The van der Waals surface area contributed by atoms with Crippen molar-refractivity contribution in [3.05, 3.63) is 75.2 Å². The lowest BCUT2D eigenvalue weighted by molar-refractivity contribution is -0.115. The third-order valence-corrected chi connectivity index (χ3v) is 7.71. The van der Waals surface area contributed by atoms with E-state index in [0.29, 0.717) is 35.0 Å². The highest BCUT2D eigenvalue weighted by atomic mass is 32.2. The summed E-state index contributed by atoms with van der Waals surface area (Å²) in [6.45, 7) is 2.30. The fourth-order valence-corrected chi connectivity index (χ4v) is 5.45. The Morgan fingerprint density at radius 1 is 1.08 bits per heavy atom. The number of hydrogen-bond donors (Lipinski definition) is 2. The van der Waals surface area contributed by atoms with Gasteiger partial charge in [-0.3, -0.25) is 14.4 Å². The molecule has 0 unspecified atom stereocenters. The molecule has 1 heterocycles. The number of nitrogens with one attached hydrogen (secondary N) is 1. The van der Waals surface area contributed by atoms with Crippen LogP contribution in [0, 0.1) is 6.92 Å². The molecule has 3 rings (SSSR count). The molecule has 0 aliphatic carbocycles. The van der Waals surface area contributed by atoms with Crippen LogP contribution in [-0.2, 0) is 27.8 Å². The number of hydrogen-bond acceptors (Lipinski definition) is 9. The van der Waals surface area contributed by atoms with Crippen molar-refractivity contribution in [2.75, 3.05) is 26.5 Å². The molecular weight excluding hydrogens is 544 g/mol. The van der Waals surface area contributed by atoms with Gasteiger partial charge in [0.1, 0.15) is 28.0 Å². The Balaban J connectivity index is 1.82. The molecule has 3 amide bonds. The van der Waals surface area contributed by atoms with Gasteiger partial charge in [0.05, 0.1) is 20.8 Å². The van der Waals surface area contributed by atoms with Crippen molar-refractivity contribution >= 4 is 39.1 Å². The van der Waals surface area contributed by atoms with E-state index in [4.69, 9.17) is 15.2 Å². The van der Waals surface area contributed by atoms with Crippen molar-refractivity contribution in [2.24, 2.45) is 5.73 Å². The maximum atomic E-state index is 13.7. The highest BCUT2D eigenvalue weighted by Crippen LogP contribution is 2.30. The molecule has 0 saturated heterocycles. The number of carbonyl (C=O) groups is 3. The zero-order valence-corrected chi connectivity index (χ0v) is 23.4. The van der Waals surface area contributed by atoms with E-state index in [-0.39, 0.29) is 18.1 Å². The summed E-state index contributed by atoms with van der Waals surface area (Å²) in [6, 6.07) is 13.2. The molecule has 1 aromatic heterocycles. The quantitative estimate of drug-likeness (QED) is 0.315. The van der Waals surface area contributed by atoms with Gasteiger partial charge >= 0.3 is 0 Å². The van der Waals surface area contributed by atoms with Gasteiger partial charge in [-0.05, 0) is 37.5 Å². The third-order valence-electron chi connectivity index (χ3n) is 5.71. The number of ether oxygens (including phenoxy) is 2. The van der Waals surface area contributed by atoms with E-state index in [0.717, 1.165) is 28.9 Å². The van der Waals surface area contributed by atoms with E-state index in [1.165, 1.54) is 19.6 Å². The second-order valence-corrected chi connectivity index (χ2v) is 11.3. The van der Waals surface area contributed by atoms with Crippen LogP contribution in [0.4, 0.5) is 0 Å². The van der Waals surface area contributed by atoms with Gasteiger partial charge < -0.3 is 20.1 Å². The fourth-order valence-electron chi connectivity index (χ4n) is 3.83. The number of aromatic nitrogens is 1. The molecule has 208 valence electrons. The maximum absolute atomic E-state index is 13.7. The molecule has 11 nitrogen and oxygen atoms in total. The summed E-state index contributed by atoms with van der Waals surface area (Å²) in [5.41, 5.74) is 7.01. The van der Waals surface area contributed by atoms with Gasteiger partial charge in [-0.1, -0.05) is 30.3 Å². The predicted octanol–water partition coefficient (Wildman–Crippen LogP) is 2.29. The number of amides is 3. The van der Waals surface area contributed by atoms with E-state index in [2.05, 4.69) is 4.98 Å². The van der Waals surface area contributed by atoms with Crippen molar-refractivity contribution in [2.45, 2.75) is 26.3 Å². The number of carbonyl (C=O) groups excluding carboxylic acids is 3. The van der Waals surface area contributed by atoms with E-state index < -0.39 is 27.6 Å².